The molecule has 0 saturated heterocycles. The Kier molecular flexibility index (Phi) is 4.70. The summed E-state index contributed by atoms with van der Waals surface area (Å²) in [6.45, 7) is 5.40. The Hall–Kier alpha value is -2.37. The number of pyridine rings is 1. The minimum absolute atomic E-state index is 0.474. The van der Waals surface area contributed by atoms with Gasteiger partial charge in [0, 0.05) is 25.1 Å². The molecule has 0 aliphatic rings. The second kappa shape index (κ2) is 6.70. The first-order chi connectivity index (χ1) is 9.70. The lowest BCUT2D eigenvalue weighted by atomic mass is 10.3. The lowest BCUT2D eigenvalue weighted by Crippen LogP contribution is -2.32. The van der Waals surface area contributed by atoms with E-state index in [4.69, 9.17) is 5.73 Å². The van der Waals surface area contributed by atoms with Gasteiger partial charge in [0.15, 0.2) is 5.96 Å². The summed E-state index contributed by atoms with van der Waals surface area (Å²) in [4.78, 5) is 12.9. The molecule has 0 saturated carbocycles. The number of hydrogen-bond donors (Lipinski definition) is 2. The Labute approximate surface area is 118 Å². The molecule has 0 bridgehead atoms. The summed E-state index contributed by atoms with van der Waals surface area (Å²) in [5, 5.41) is 3.04. The molecule has 2 rings (SSSR count). The van der Waals surface area contributed by atoms with E-state index < -0.39 is 0 Å². The van der Waals surface area contributed by atoms with Crippen LogP contribution in [0.3, 0.4) is 0 Å². The van der Waals surface area contributed by atoms with E-state index >= 15 is 0 Å². The maximum atomic E-state index is 5.74. The summed E-state index contributed by atoms with van der Waals surface area (Å²) in [6, 6.07) is 3.95. The highest BCUT2D eigenvalue weighted by Crippen LogP contribution is 2.08. The molecule has 6 heteroatoms. The molecule has 0 spiro atoms. The van der Waals surface area contributed by atoms with Gasteiger partial charge in [-0.25, -0.2) is 15.0 Å². The molecule has 2 aromatic heterocycles. The maximum absolute atomic E-state index is 5.74. The van der Waals surface area contributed by atoms with Gasteiger partial charge >= 0.3 is 0 Å². The zero-order valence-corrected chi connectivity index (χ0v) is 11.9. The van der Waals surface area contributed by atoms with Crippen molar-refractivity contribution in [3.63, 3.8) is 0 Å². The Balaban J connectivity index is 2.00. The summed E-state index contributed by atoms with van der Waals surface area (Å²) < 4.78 is 1.93. The van der Waals surface area contributed by atoms with Gasteiger partial charge in [-0.3, -0.25) is 4.57 Å². The molecule has 106 valence electrons. The summed E-state index contributed by atoms with van der Waals surface area (Å²) in [6.07, 6.45) is 6.49. The van der Waals surface area contributed by atoms with E-state index in [1.54, 1.807) is 6.20 Å². The van der Waals surface area contributed by atoms with Crippen LogP contribution in [0.4, 0.5) is 0 Å². The number of nitrogens with zero attached hydrogens (tertiary/aromatic N) is 4. The SMILES string of the molecule is CCCNC(N)=NCc1ccc(-n2ccnc2C)nc1. The second-order valence-corrected chi connectivity index (χ2v) is 4.50. The number of aryl methyl sites for hydroxylation is 1. The minimum Gasteiger partial charge on any atom is -0.370 e. The number of nitrogens with two attached hydrogens (primary N) is 1. The summed E-state index contributed by atoms with van der Waals surface area (Å²) >= 11 is 0. The number of hydrogen-bond acceptors (Lipinski definition) is 3. The van der Waals surface area contributed by atoms with E-state index in [9.17, 15) is 0 Å². The molecule has 0 unspecified atom stereocenters. The molecule has 0 aliphatic carbocycles. The van der Waals surface area contributed by atoms with Crippen LogP contribution in [0.15, 0.2) is 35.7 Å². The van der Waals surface area contributed by atoms with Gasteiger partial charge in [-0.1, -0.05) is 13.0 Å². The second-order valence-electron chi connectivity index (χ2n) is 4.50. The van der Waals surface area contributed by atoms with Crippen molar-refractivity contribution in [2.45, 2.75) is 26.8 Å². The van der Waals surface area contributed by atoms with Crippen molar-refractivity contribution in [2.75, 3.05) is 6.54 Å². The highest BCUT2D eigenvalue weighted by molar-refractivity contribution is 5.77. The third kappa shape index (κ3) is 3.57. The van der Waals surface area contributed by atoms with Crippen molar-refractivity contribution in [3.8, 4) is 5.82 Å². The molecule has 0 fully saturated rings. The lowest BCUT2D eigenvalue weighted by Gasteiger charge is -2.05. The number of aliphatic imine (C=N–C) groups is 1. The Bertz CT molecular complexity index is 570. The van der Waals surface area contributed by atoms with Gasteiger partial charge in [0.1, 0.15) is 11.6 Å². The van der Waals surface area contributed by atoms with Crippen LogP contribution in [-0.4, -0.2) is 27.0 Å². The summed E-state index contributed by atoms with van der Waals surface area (Å²) in [5.41, 5.74) is 6.76. The third-order valence-corrected chi connectivity index (χ3v) is 2.87. The van der Waals surface area contributed by atoms with E-state index in [1.807, 2.05) is 36.0 Å². The molecule has 0 radical (unpaired) electrons. The molecular weight excluding hydrogens is 252 g/mol. The van der Waals surface area contributed by atoms with Gasteiger partial charge in [0.25, 0.3) is 0 Å². The van der Waals surface area contributed by atoms with Gasteiger partial charge in [-0.15, -0.1) is 0 Å². The molecule has 20 heavy (non-hydrogen) atoms. The van der Waals surface area contributed by atoms with E-state index in [2.05, 4.69) is 27.2 Å². The molecule has 0 aromatic carbocycles. The predicted octanol–water partition coefficient (Wildman–Crippen LogP) is 1.39. The van der Waals surface area contributed by atoms with Gasteiger partial charge < -0.3 is 11.1 Å². The van der Waals surface area contributed by atoms with Crippen LogP contribution >= 0.6 is 0 Å². The third-order valence-electron chi connectivity index (χ3n) is 2.87. The fraction of sp³-hybridized carbons (Fsp3) is 0.357. The van der Waals surface area contributed by atoms with Crippen LogP contribution in [0.25, 0.3) is 5.82 Å². The molecule has 0 aliphatic heterocycles. The highest BCUT2D eigenvalue weighted by Gasteiger charge is 2.01. The number of guanidine groups is 1. The average Bonchev–Trinajstić information content (AvgIpc) is 2.89. The van der Waals surface area contributed by atoms with Crippen LogP contribution in [0.1, 0.15) is 24.7 Å². The molecule has 6 nitrogen and oxygen atoms in total. The van der Waals surface area contributed by atoms with Crippen molar-refractivity contribution in [3.05, 3.63) is 42.1 Å². The van der Waals surface area contributed by atoms with Gasteiger partial charge in [0.2, 0.25) is 0 Å². The largest absolute Gasteiger partial charge is 0.370 e. The van der Waals surface area contributed by atoms with Crippen LogP contribution in [0.5, 0.6) is 0 Å². The normalized spacial score (nSPS) is 11.6. The first-order valence-corrected chi connectivity index (χ1v) is 6.69. The average molecular weight is 272 g/mol. The molecule has 0 atom stereocenters. The van der Waals surface area contributed by atoms with E-state index in [-0.39, 0.29) is 0 Å². The Morgan fingerprint density at radius 2 is 2.25 bits per heavy atom. The van der Waals surface area contributed by atoms with E-state index in [0.29, 0.717) is 12.5 Å². The first kappa shape index (κ1) is 14.0. The zero-order valence-electron chi connectivity index (χ0n) is 11.9. The summed E-state index contributed by atoms with van der Waals surface area (Å²) in [7, 11) is 0. The molecule has 2 aromatic rings. The van der Waals surface area contributed by atoms with Gasteiger partial charge in [0.05, 0.1) is 6.54 Å². The number of rotatable bonds is 5. The first-order valence-electron chi connectivity index (χ1n) is 6.69. The number of aromatic nitrogens is 3. The summed E-state index contributed by atoms with van der Waals surface area (Å²) in [5.74, 6) is 2.24. The van der Waals surface area contributed by atoms with Gasteiger partial charge in [-0.2, -0.15) is 0 Å². The zero-order chi connectivity index (χ0) is 14.4. The Morgan fingerprint density at radius 1 is 1.40 bits per heavy atom. The lowest BCUT2D eigenvalue weighted by molar-refractivity contribution is 0.825. The van der Waals surface area contributed by atoms with Crippen molar-refractivity contribution < 1.29 is 0 Å². The van der Waals surface area contributed by atoms with E-state index in [0.717, 1.165) is 30.2 Å². The van der Waals surface area contributed by atoms with E-state index in [1.165, 1.54) is 0 Å². The predicted molar refractivity (Wildman–Crippen MR) is 79.7 cm³/mol. The fourth-order valence-corrected chi connectivity index (χ4v) is 1.76. The van der Waals surface area contributed by atoms with Crippen molar-refractivity contribution >= 4 is 5.96 Å². The van der Waals surface area contributed by atoms with Crippen LogP contribution in [0.2, 0.25) is 0 Å². The van der Waals surface area contributed by atoms with Gasteiger partial charge in [-0.05, 0) is 25.0 Å². The fourth-order valence-electron chi connectivity index (χ4n) is 1.76. The highest BCUT2D eigenvalue weighted by atomic mass is 15.1. The minimum atomic E-state index is 0.474. The molecular formula is C14H20N6. The molecule has 0 amide bonds. The Morgan fingerprint density at radius 3 is 2.85 bits per heavy atom. The number of imidazole rings is 1. The quantitative estimate of drug-likeness (QED) is 0.636. The molecule has 3 N–H and O–H groups in total. The van der Waals surface area contributed by atoms with Crippen molar-refractivity contribution in [1.82, 2.24) is 19.9 Å². The standard InChI is InChI=1S/C14H20N6/c1-3-6-17-14(15)19-10-12-4-5-13(18-9-12)20-8-7-16-11(20)2/h4-5,7-9H,3,6,10H2,1-2H3,(H3,15,17,19). The van der Waals surface area contributed by atoms with Crippen molar-refractivity contribution in [1.29, 1.82) is 0 Å². The maximum Gasteiger partial charge on any atom is 0.188 e. The van der Waals surface area contributed by atoms with Crippen LogP contribution in [0, 0.1) is 6.92 Å². The molecule has 2 heterocycles. The van der Waals surface area contributed by atoms with Crippen molar-refractivity contribution in [2.24, 2.45) is 10.7 Å². The number of nitrogens with one attached hydrogen (secondary N) is 1. The topological polar surface area (TPSA) is 81.1 Å². The smallest absolute Gasteiger partial charge is 0.188 e. The van der Waals surface area contributed by atoms with Crippen LogP contribution in [-0.2, 0) is 6.54 Å². The monoisotopic (exact) mass is 272 g/mol. The van der Waals surface area contributed by atoms with Crippen LogP contribution < -0.4 is 11.1 Å².